The Morgan fingerprint density at radius 2 is 1.91 bits per heavy atom. The average Bonchev–Trinajstić information content (AvgIpc) is 3.23. The minimum atomic E-state index is -3.83. The molecular formula is C23H23N5O3S. The summed E-state index contributed by atoms with van der Waals surface area (Å²) >= 11 is 0. The van der Waals surface area contributed by atoms with Crippen LogP contribution in [0.5, 0.6) is 0 Å². The van der Waals surface area contributed by atoms with Crippen LogP contribution >= 0.6 is 0 Å². The Labute approximate surface area is 186 Å². The number of aromatic nitrogens is 2. The highest BCUT2D eigenvalue weighted by Gasteiger charge is 2.16. The number of anilines is 2. The molecule has 0 saturated carbocycles. The summed E-state index contributed by atoms with van der Waals surface area (Å²) in [6, 6.07) is 12.9. The SMILES string of the molecule is C=C/C=C(\C=C/N)c1cn[nH]c1-c1cccc(NS(=O)(=O)c2ccc(NC(C)=O)cc2)c1. The molecule has 1 aromatic heterocycles. The topological polar surface area (TPSA) is 130 Å². The van der Waals surface area contributed by atoms with Gasteiger partial charge in [-0.15, -0.1) is 0 Å². The molecule has 9 heteroatoms. The molecule has 1 heterocycles. The molecule has 2 aromatic carbocycles. The molecule has 0 atom stereocenters. The van der Waals surface area contributed by atoms with Gasteiger partial charge in [0.25, 0.3) is 10.0 Å². The van der Waals surface area contributed by atoms with Gasteiger partial charge in [-0.2, -0.15) is 5.10 Å². The van der Waals surface area contributed by atoms with Crippen molar-refractivity contribution in [2.24, 2.45) is 5.73 Å². The maximum Gasteiger partial charge on any atom is 0.261 e. The van der Waals surface area contributed by atoms with Crippen molar-refractivity contribution >= 4 is 32.9 Å². The fourth-order valence-electron chi connectivity index (χ4n) is 3.06. The van der Waals surface area contributed by atoms with Crippen molar-refractivity contribution in [1.82, 2.24) is 10.2 Å². The third-order valence-corrected chi connectivity index (χ3v) is 5.81. The number of aromatic amines is 1. The minimum Gasteiger partial charge on any atom is -0.405 e. The highest BCUT2D eigenvalue weighted by molar-refractivity contribution is 7.92. The van der Waals surface area contributed by atoms with Gasteiger partial charge >= 0.3 is 0 Å². The Balaban J connectivity index is 1.89. The van der Waals surface area contributed by atoms with Crippen molar-refractivity contribution in [2.45, 2.75) is 11.8 Å². The number of hydrogen-bond acceptors (Lipinski definition) is 5. The summed E-state index contributed by atoms with van der Waals surface area (Å²) in [4.78, 5) is 11.2. The van der Waals surface area contributed by atoms with E-state index in [1.165, 1.54) is 37.4 Å². The number of benzene rings is 2. The van der Waals surface area contributed by atoms with E-state index in [1.807, 2.05) is 6.07 Å². The summed E-state index contributed by atoms with van der Waals surface area (Å²) in [5.41, 5.74) is 9.49. The summed E-state index contributed by atoms with van der Waals surface area (Å²) in [6.45, 7) is 5.10. The lowest BCUT2D eigenvalue weighted by atomic mass is 10.0. The van der Waals surface area contributed by atoms with Crippen molar-refractivity contribution in [3.8, 4) is 11.3 Å². The van der Waals surface area contributed by atoms with Gasteiger partial charge in [-0.3, -0.25) is 14.6 Å². The Hall–Kier alpha value is -4.11. The number of sulfonamides is 1. The first kappa shape index (κ1) is 22.6. The van der Waals surface area contributed by atoms with E-state index in [-0.39, 0.29) is 10.8 Å². The monoisotopic (exact) mass is 449 g/mol. The smallest absolute Gasteiger partial charge is 0.261 e. The van der Waals surface area contributed by atoms with Crippen molar-refractivity contribution in [1.29, 1.82) is 0 Å². The van der Waals surface area contributed by atoms with E-state index in [4.69, 9.17) is 5.73 Å². The van der Waals surface area contributed by atoms with Gasteiger partial charge in [0.2, 0.25) is 5.91 Å². The summed E-state index contributed by atoms with van der Waals surface area (Å²) in [7, 11) is -3.83. The van der Waals surface area contributed by atoms with Crippen molar-refractivity contribution < 1.29 is 13.2 Å². The highest BCUT2D eigenvalue weighted by Crippen LogP contribution is 2.30. The fraction of sp³-hybridized carbons (Fsp3) is 0.0435. The largest absolute Gasteiger partial charge is 0.405 e. The van der Waals surface area contributed by atoms with Crippen molar-refractivity contribution in [3.05, 3.63) is 91.3 Å². The minimum absolute atomic E-state index is 0.0727. The number of amides is 1. The van der Waals surface area contributed by atoms with Gasteiger partial charge in [-0.1, -0.05) is 30.9 Å². The van der Waals surface area contributed by atoms with Gasteiger partial charge in [0.1, 0.15) is 0 Å². The average molecular weight is 450 g/mol. The fourth-order valence-corrected chi connectivity index (χ4v) is 4.11. The van der Waals surface area contributed by atoms with Gasteiger partial charge < -0.3 is 11.1 Å². The Bertz CT molecular complexity index is 1290. The first-order chi connectivity index (χ1) is 15.3. The van der Waals surface area contributed by atoms with Gasteiger partial charge in [0.15, 0.2) is 0 Å². The molecule has 0 saturated heterocycles. The third-order valence-electron chi connectivity index (χ3n) is 4.41. The zero-order valence-corrected chi connectivity index (χ0v) is 18.2. The summed E-state index contributed by atoms with van der Waals surface area (Å²) in [6.07, 6.45) is 8.27. The molecule has 0 aliphatic rings. The summed E-state index contributed by atoms with van der Waals surface area (Å²) in [5, 5.41) is 9.67. The van der Waals surface area contributed by atoms with Crippen molar-refractivity contribution in [3.63, 3.8) is 0 Å². The van der Waals surface area contributed by atoms with E-state index in [9.17, 15) is 13.2 Å². The van der Waals surface area contributed by atoms with Gasteiger partial charge in [-0.05, 0) is 54.2 Å². The first-order valence-corrected chi connectivity index (χ1v) is 11.1. The molecule has 3 rings (SSSR count). The van der Waals surface area contributed by atoms with Crippen LogP contribution in [0.1, 0.15) is 12.5 Å². The lowest BCUT2D eigenvalue weighted by molar-refractivity contribution is -0.114. The van der Waals surface area contributed by atoms with Crippen LogP contribution in [-0.4, -0.2) is 24.5 Å². The number of hydrogen-bond donors (Lipinski definition) is 4. The maximum absolute atomic E-state index is 12.8. The van der Waals surface area contributed by atoms with Gasteiger partial charge in [0.05, 0.1) is 16.8 Å². The van der Waals surface area contributed by atoms with Crippen LogP contribution in [0.15, 0.2) is 90.6 Å². The van der Waals surface area contributed by atoms with Crippen LogP contribution in [0.25, 0.3) is 16.8 Å². The molecule has 5 N–H and O–H groups in total. The highest BCUT2D eigenvalue weighted by atomic mass is 32.2. The van der Waals surface area contributed by atoms with Crippen LogP contribution in [-0.2, 0) is 14.8 Å². The zero-order chi connectivity index (χ0) is 23.1. The Morgan fingerprint density at radius 1 is 1.16 bits per heavy atom. The van der Waals surface area contributed by atoms with Crippen molar-refractivity contribution in [2.75, 3.05) is 10.0 Å². The van der Waals surface area contributed by atoms with Gasteiger partial charge in [0, 0.05) is 29.4 Å². The molecule has 32 heavy (non-hydrogen) atoms. The molecule has 0 bridgehead atoms. The predicted molar refractivity (Wildman–Crippen MR) is 127 cm³/mol. The quantitative estimate of drug-likeness (QED) is 0.388. The second-order valence-electron chi connectivity index (χ2n) is 6.77. The number of H-pyrrole nitrogens is 1. The number of nitrogens with two attached hydrogens (primary N) is 1. The molecule has 3 aromatic rings. The molecular weight excluding hydrogens is 426 g/mol. The molecule has 1 amide bonds. The molecule has 0 spiro atoms. The molecule has 0 fully saturated rings. The van der Waals surface area contributed by atoms with Crippen LogP contribution < -0.4 is 15.8 Å². The maximum atomic E-state index is 12.8. The number of nitrogens with zero attached hydrogens (tertiary/aromatic N) is 1. The number of nitrogens with one attached hydrogen (secondary N) is 3. The number of rotatable bonds is 8. The summed E-state index contributed by atoms with van der Waals surface area (Å²) < 4.78 is 28.2. The lowest BCUT2D eigenvalue weighted by Gasteiger charge is -2.11. The normalized spacial score (nSPS) is 12.0. The molecule has 0 radical (unpaired) electrons. The number of allylic oxidation sites excluding steroid dienone is 4. The van der Waals surface area contributed by atoms with E-state index in [0.717, 1.165) is 16.7 Å². The van der Waals surface area contributed by atoms with E-state index in [0.29, 0.717) is 17.1 Å². The third kappa shape index (κ3) is 5.32. The molecule has 0 unspecified atom stereocenters. The second kappa shape index (κ2) is 9.80. The van der Waals surface area contributed by atoms with Crippen LogP contribution in [0.3, 0.4) is 0 Å². The molecule has 164 valence electrons. The number of carbonyl (C=O) groups excluding carboxylic acids is 1. The predicted octanol–water partition coefficient (Wildman–Crippen LogP) is 3.88. The standard InChI is InChI=1S/C23H23N5O3S/c1-3-5-17(12-13-24)22-15-25-27-23(22)18-6-4-7-20(14-18)28-32(30,31)21-10-8-19(9-11-21)26-16(2)29/h3-15,28H,1,24H2,2H3,(H,25,27)(H,26,29)/b13-12-,17-5+. The Morgan fingerprint density at radius 3 is 2.56 bits per heavy atom. The van der Waals surface area contributed by atoms with E-state index >= 15 is 0 Å². The first-order valence-electron chi connectivity index (χ1n) is 9.59. The van der Waals surface area contributed by atoms with E-state index in [2.05, 4.69) is 26.8 Å². The van der Waals surface area contributed by atoms with E-state index in [1.54, 1.807) is 42.6 Å². The van der Waals surface area contributed by atoms with Crippen LogP contribution in [0, 0.1) is 0 Å². The lowest BCUT2D eigenvalue weighted by Crippen LogP contribution is -2.13. The summed E-state index contributed by atoms with van der Waals surface area (Å²) in [5.74, 6) is -0.234. The second-order valence-corrected chi connectivity index (χ2v) is 8.45. The number of carbonyl (C=O) groups is 1. The van der Waals surface area contributed by atoms with E-state index < -0.39 is 10.0 Å². The Kier molecular flexibility index (Phi) is 6.91. The molecule has 0 aliphatic heterocycles. The molecule has 0 aliphatic carbocycles. The van der Waals surface area contributed by atoms with Crippen LogP contribution in [0.4, 0.5) is 11.4 Å². The van der Waals surface area contributed by atoms with Gasteiger partial charge in [-0.25, -0.2) is 8.42 Å². The molecule has 8 nitrogen and oxygen atoms in total. The van der Waals surface area contributed by atoms with Crippen LogP contribution in [0.2, 0.25) is 0 Å². The zero-order valence-electron chi connectivity index (χ0n) is 17.4.